The summed E-state index contributed by atoms with van der Waals surface area (Å²) in [4.78, 5) is 0. The van der Waals surface area contributed by atoms with Crippen LogP contribution in [0.4, 0.5) is 22.7 Å². The molecule has 0 radical (unpaired) electrons. The van der Waals surface area contributed by atoms with Gasteiger partial charge < -0.3 is 18.9 Å². The zero-order chi connectivity index (χ0) is 58.5. The molecule has 456 valence electrons. The van der Waals surface area contributed by atoms with E-state index in [1.54, 1.807) is 0 Å². The second kappa shape index (κ2) is 23.0. The van der Waals surface area contributed by atoms with E-state index >= 15 is 0 Å². The molecule has 8 bridgehead atoms. The highest BCUT2D eigenvalue weighted by molar-refractivity contribution is 5.49. The molecule has 12 unspecified atom stereocenters. The first-order chi connectivity index (χ1) is 40.1. The minimum absolute atomic E-state index is 0.0142. The third-order valence-electron chi connectivity index (χ3n) is 21.4. The van der Waals surface area contributed by atoms with Gasteiger partial charge in [0.25, 0.3) is 0 Å². The monoisotopic (exact) mass is 1150 g/mol. The molecule has 16 heteroatoms. The molecule has 13 rings (SSSR count). The van der Waals surface area contributed by atoms with E-state index in [0.29, 0.717) is 23.7 Å². The molecule has 4 aromatic carbocycles. The second-order valence-electron chi connectivity index (χ2n) is 30.5. The molecule has 5 saturated heterocycles. The Morgan fingerprint density at radius 3 is 0.667 bits per heavy atom. The lowest BCUT2D eigenvalue weighted by atomic mass is 9.74. The highest BCUT2D eigenvalue weighted by Crippen LogP contribution is 2.49. The van der Waals surface area contributed by atoms with E-state index in [1.165, 1.54) is 22.7 Å². The first-order valence-electron chi connectivity index (χ1n) is 32.5. The molecule has 9 aliphatic rings. The minimum atomic E-state index is -0.0142. The van der Waals surface area contributed by atoms with Gasteiger partial charge in [0.1, 0.15) is 70.2 Å². The summed E-state index contributed by atoms with van der Waals surface area (Å²) < 4.78 is 32.4. The quantitative estimate of drug-likeness (QED) is 0.0665. The van der Waals surface area contributed by atoms with Crippen molar-refractivity contribution in [2.75, 3.05) is 84.6 Å². The van der Waals surface area contributed by atoms with Gasteiger partial charge in [0, 0.05) is 47.9 Å². The average Bonchev–Trinajstić information content (AvgIpc) is 2.88. The summed E-state index contributed by atoms with van der Waals surface area (Å²) in [6, 6.07) is 35.4. The minimum Gasteiger partial charge on any atom is -0.490 e. The van der Waals surface area contributed by atoms with Crippen molar-refractivity contribution in [3.63, 3.8) is 0 Å². The maximum absolute atomic E-state index is 7.36. The molecule has 0 aromatic heterocycles. The Bertz CT molecular complexity index is 2550. The fourth-order valence-electron chi connectivity index (χ4n) is 17.2. The predicted molar refractivity (Wildman–Crippen MR) is 340 cm³/mol. The Balaban J connectivity index is 0.887. The summed E-state index contributed by atoms with van der Waals surface area (Å²) in [5, 5.41) is 35.2. The lowest BCUT2D eigenvalue weighted by Gasteiger charge is -2.41. The SMILES string of the molecule is C[N+](C)(C)c1cccc(OC2CCCC3C4NC(NC5NC(NC6NC(NC7NC(N4)C4C(Oc8cccc([N+](C)(C)C)c8)CCCC74)C4C(Oc7cccc([N+](C)(C)C)c7)CCCC64)C4C(Oc6cccc([N+](C)(C)C)c6)CCCC54)C23)c1. The number of rotatable bonds is 12. The molecular weight excluding hydrogens is 1050 g/mol. The van der Waals surface area contributed by atoms with Crippen LogP contribution in [0.25, 0.3) is 0 Å². The molecule has 8 N–H and O–H groups in total. The van der Waals surface area contributed by atoms with Crippen molar-refractivity contribution in [2.45, 2.75) is 151 Å². The Morgan fingerprint density at radius 1 is 0.274 bits per heavy atom. The molecule has 4 aromatic rings. The summed E-state index contributed by atoms with van der Waals surface area (Å²) in [6.45, 7) is 0. The van der Waals surface area contributed by atoms with Crippen LogP contribution in [0, 0.1) is 47.3 Å². The molecule has 0 spiro atoms. The fourth-order valence-corrected chi connectivity index (χ4v) is 17.2. The van der Waals surface area contributed by atoms with Crippen molar-refractivity contribution >= 4 is 22.7 Å². The van der Waals surface area contributed by atoms with E-state index in [0.717, 1.165) is 118 Å². The first-order valence-corrected chi connectivity index (χ1v) is 32.5. The molecular formula is C68H104N12O4+4. The van der Waals surface area contributed by atoms with Crippen LogP contribution < -0.4 is 79.4 Å². The average molecular weight is 1150 g/mol. The van der Waals surface area contributed by atoms with Gasteiger partial charge in [-0.1, -0.05) is 24.3 Å². The van der Waals surface area contributed by atoms with Gasteiger partial charge in [0.05, 0.1) is 134 Å². The number of hydrogen-bond donors (Lipinski definition) is 8. The van der Waals surface area contributed by atoms with Crippen molar-refractivity contribution in [1.82, 2.24) is 60.5 Å². The smallest absolute Gasteiger partial charge is 0.135 e. The molecule has 0 amide bonds. The van der Waals surface area contributed by atoms with Crippen molar-refractivity contribution in [1.29, 1.82) is 0 Å². The predicted octanol–water partition coefficient (Wildman–Crippen LogP) is 7.62. The summed E-state index contributed by atoms with van der Waals surface area (Å²) >= 11 is 0. The highest BCUT2D eigenvalue weighted by atomic mass is 16.5. The number of benzene rings is 4. The largest absolute Gasteiger partial charge is 0.490 e. The van der Waals surface area contributed by atoms with Gasteiger partial charge in [-0.2, -0.15) is 0 Å². The van der Waals surface area contributed by atoms with E-state index in [2.05, 4.69) is 224 Å². The fraction of sp³-hybridized carbons (Fsp3) is 0.647. The summed E-state index contributed by atoms with van der Waals surface area (Å²) in [6.07, 6.45) is 13.2. The summed E-state index contributed by atoms with van der Waals surface area (Å²) in [5.41, 5.74) is 4.96. The van der Waals surface area contributed by atoms with Crippen LogP contribution in [-0.4, -0.2) is 158 Å². The highest BCUT2D eigenvalue weighted by Gasteiger charge is 2.59. The lowest BCUT2D eigenvalue weighted by Crippen LogP contribution is -2.62. The number of ether oxygens (including phenoxy) is 4. The van der Waals surface area contributed by atoms with Gasteiger partial charge >= 0.3 is 0 Å². The molecule has 84 heavy (non-hydrogen) atoms. The Hall–Kier alpha value is -4.40. The van der Waals surface area contributed by atoms with E-state index in [9.17, 15) is 0 Å². The third-order valence-corrected chi connectivity index (χ3v) is 21.4. The van der Waals surface area contributed by atoms with Gasteiger partial charge in [-0.25, -0.2) is 0 Å². The Kier molecular flexibility index (Phi) is 16.0. The molecule has 5 aliphatic heterocycles. The van der Waals surface area contributed by atoms with Crippen LogP contribution >= 0.6 is 0 Å². The van der Waals surface area contributed by atoms with Gasteiger partial charge in [-0.15, -0.1) is 0 Å². The van der Waals surface area contributed by atoms with E-state index in [1.807, 2.05) is 0 Å². The normalized spacial score (nSPS) is 37.8. The van der Waals surface area contributed by atoms with Crippen molar-refractivity contribution < 1.29 is 18.9 Å². The number of fused-ring (bicyclic) bond motifs is 20. The summed E-state index contributed by atoms with van der Waals surface area (Å²) in [7, 11) is 26.8. The van der Waals surface area contributed by atoms with Crippen LogP contribution in [0.5, 0.6) is 23.0 Å². The number of hydrogen-bond acceptors (Lipinski definition) is 12. The van der Waals surface area contributed by atoms with Gasteiger partial charge in [-0.3, -0.25) is 60.5 Å². The second-order valence-corrected chi connectivity index (χ2v) is 30.5. The zero-order valence-corrected chi connectivity index (χ0v) is 52.7. The topological polar surface area (TPSA) is 133 Å². The molecule has 4 saturated carbocycles. The Labute approximate surface area is 502 Å². The molecule has 12 atom stereocenters. The maximum Gasteiger partial charge on any atom is 0.135 e. The summed E-state index contributed by atoms with van der Waals surface area (Å²) in [5.74, 6) is 6.00. The number of quaternary nitrogens is 4. The van der Waals surface area contributed by atoms with E-state index in [4.69, 9.17) is 18.9 Å². The van der Waals surface area contributed by atoms with Gasteiger partial charge in [-0.05, 0) is 149 Å². The first kappa shape index (κ1) is 58.6. The molecule has 9 fully saturated rings. The maximum atomic E-state index is 7.36. The number of nitrogens with zero attached hydrogens (tertiary/aromatic N) is 4. The Morgan fingerprint density at radius 2 is 0.476 bits per heavy atom. The van der Waals surface area contributed by atoms with E-state index in [-0.39, 0.29) is 97.4 Å². The van der Waals surface area contributed by atoms with Gasteiger partial charge in [0.15, 0.2) is 0 Å². The van der Waals surface area contributed by atoms with Crippen molar-refractivity contribution in [3.8, 4) is 23.0 Å². The van der Waals surface area contributed by atoms with Crippen LogP contribution in [0.2, 0.25) is 0 Å². The zero-order valence-electron chi connectivity index (χ0n) is 52.7. The number of nitrogens with one attached hydrogen (secondary N) is 8. The van der Waals surface area contributed by atoms with Crippen LogP contribution in [-0.2, 0) is 0 Å². The molecule has 5 heterocycles. The van der Waals surface area contributed by atoms with Crippen molar-refractivity contribution in [2.24, 2.45) is 47.3 Å². The van der Waals surface area contributed by atoms with Crippen molar-refractivity contribution in [3.05, 3.63) is 97.1 Å². The van der Waals surface area contributed by atoms with Crippen LogP contribution in [0.1, 0.15) is 77.0 Å². The third kappa shape index (κ3) is 11.9. The standard InChI is InChI=1S/C68H104N12O4/c1-77(2,3)41-21-13-25-45(37-41)81-53-33-17-29-49-57(53)65-69-61(49)74-66-59-51(31-19-35-55(59)83-47-27-15-23-43(39-47)79(7,8)9)63(71-66)76-68-60-52(32-20-36-56(60)84-48-28-16-24-44(40-48)80(10,11)12)64(72-68)75-67-58-50(62(70-67)73-65)30-18-34-54(58)82-46-26-14-22-42(38-46)78(4,5)6/h13-16,21-28,37-40,49-76H,17-20,29-36H2,1-12H3/q+4. The van der Waals surface area contributed by atoms with Crippen LogP contribution in [0.3, 0.4) is 0 Å². The van der Waals surface area contributed by atoms with E-state index < -0.39 is 0 Å². The molecule has 4 aliphatic carbocycles. The van der Waals surface area contributed by atoms with Crippen LogP contribution in [0.15, 0.2) is 97.1 Å². The van der Waals surface area contributed by atoms with Gasteiger partial charge in [0.2, 0.25) is 0 Å². The lowest BCUT2D eigenvalue weighted by molar-refractivity contribution is 0.0250. The molecule has 16 nitrogen and oxygen atoms in total.